The van der Waals surface area contributed by atoms with E-state index in [9.17, 15) is 19.2 Å². The lowest BCUT2D eigenvalue weighted by Gasteiger charge is -2.26. The van der Waals surface area contributed by atoms with Gasteiger partial charge in [0, 0.05) is 17.7 Å². The standard InChI is InChI=1S/C21H25N3O5S/c1-12(2)17(19(26)23-15-7-9-22-20(27)18(15)25)24-21(28)29-10-8-13-11-30-16-6-4-3-5-14(13)16/h3-6,11-12,15,17H,7-10H2,1-2H3,(H,22,27)(H,23,26)(H,24,28). The van der Waals surface area contributed by atoms with Crippen LogP contribution in [0.2, 0.25) is 0 Å². The second-order valence-corrected chi connectivity index (χ2v) is 8.39. The predicted octanol–water partition coefficient (Wildman–Crippen LogP) is 1.77. The smallest absolute Gasteiger partial charge is 0.407 e. The second kappa shape index (κ2) is 9.71. The second-order valence-electron chi connectivity index (χ2n) is 7.48. The molecule has 2 unspecified atom stereocenters. The molecule has 2 atom stereocenters. The Bertz CT molecular complexity index is 955. The van der Waals surface area contributed by atoms with Gasteiger partial charge in [-0.1, -0.05) is 32.0 Å². The molecule has 0 saturated carbocycles. The molecule has 3 N–H and O–H groups in total. The summed E-state index contributed by atoms with van der Waals surface area (Å²) in [5, 5.41) is 10.8. The Balaban J connectivity index is 1.51. The summed E-state index contributed by atoms with van der Waals surface area (Å²) in [6.45, 7) is 4.05. The van der Waals surface area contributed by atoms with Crippen LogP contribution in [-0.2, 0) is 25.5 Å². The fourth-order valence-electron chi connectivity index (χ4n) is 3.29. The normalized spacial score (nSPS) is 17.5. The van der Waals surface area contributed by atoms with Crippen LogP contribution in [0.25, 0.3) is 10.1 Å². The molecule has 9 heteroatoms. The van der Waals surface area contributed by atoms with E-state index in [-0.39, 0.29) is 12.5 Å². The van der Waals surface area contributed by atoms with E-state index >= 15 is 0 Å². The number of carbonyl (C=O) groups excluding carboxylic acids is 4. The molecule has 0 bridgehead atoms. The van der Waals surface area contributed by atoms with E-state index in [1.165, 1.54) is 4.70 Å². The zero-order valence-corrected chi connectivity index (χ0v) is 17.7. The number of piperidine rings is 1. The Labute approximate surface area is 178 Å². The molecule has 3 amide bonds. The zero-order chi connectivity index (χ0) is 21.7. The number of alkyl carbamates (subject to hydrolysis) is 1. The minimum atomic E-state index is -0.878. The van der Waals surface area contributed by atoms with Crippen molar-refractivity contribution >= 4 is 45.1 Å². The first kappa shape index (κ1) is 21.8. The monoisotopic (exact) mass is 431 g/mol. The summed E-state index contributed by atoms with van der Waals surface area (Å²) < 4.78 is 6.45. The number of ether oxygens (including phenoxy) is 1. The van der Waals surface area contributed by atoms with Crippen molar-refractivity contribution in [2.75, 3.05) is 13.2 Å². The van der Waals surface area contributed by atoms with E-state index in [1.54, 1.807) is 25.2 Å². The van der Waals surface area contributed by atoms with Crippen LogP contribution in [0.5, 0.6) is 0 Å². The predicted molar refractivity (Wildman–Crippen MR) is 113 cm³/mol. The molecular weight excluding hydrogens is 406 g/mol. The van der Waals surface area contributed by atoms with Crippen LogP contribution in [-0.4, -0.2) is 48.9 Å². The van der Waals surface area contributed by atoms with E-state index < -0.39 is 35.8 Å². The van der Waals surface area contributed by atoms with Gasteiger partial charge >= 0.3 is 6.09 Å². The number of rotatable bonds is 7. The lowest BCUT2D eigenvalue weighted by atomic mass is 10.0. The first-order valence-corrected chi connectivity index (χ1v) is 10.8. The first-order valence-electron chi connectivity index (χ1n) is 9.87. The van der Waals surface area contributed by atoms with Crippen LogP contribution >= 0.6 is 11.3 Å². The van der Waals surface area contributed by atoms with E-state index in [4.69, 9.17) is 4.74 Å². The number of ketones is 1. The third kappa shape index (κ3) is 5.15. The van der Waals surface area contributed by atoms with Crippen molar-refractivity contribution in [3.8, 4) is 0 Å². The van der Waals surface area contributed by atoms with Gasteiger partial charge in [-0.05, 0) is 34.7 Å². The van der Waals surface area contributed by atoms with E-state index in [1.807, 2.05) is 29.6 Å². The van der Waals surface area contributed by atoms with Gasteiger partial charge in [-0.15, -0.1) is 11.3 Å². The molecule has 8 nitrogen and oxygen atoms in total. The molecule has 1 aromatic carbocycles. The van der Waals surface area contributed by atoms with E-state index in [2.05, 4.69) is 16.0 Å². The Morgan fingerprint density at radius 3 is 2.80 bits per heavy atom. The molecule has 3 rings (SSSR count). The van der Waals surface area contributed by atoms with Gasteiger partial charge in [-0.25, -0.2) is 4.79 Å². The lowest BCUT2D eigenvalue weighted by Crippen LogP contribution is -2.58. The van der Waals surface area contributed by atoms with Gasteiger partial charge in [0.05, 0.1) is 12.6 Å². The van der Waals surface area contributed by atoms with Gasteiger partial charge in [0.2, 0.25) is 11.7 Å². The van der Waals surface area contributed by atoms with Crippen LogP contribution in [0, 0.1) is 5.92 Å². The highest BCUT2D eigenvalue weighted by molar-refractivity contribution is 7.17. The van der Waals surface area contributed by atoms with Crippen LogP contribution in [0.4, 0.5) is 4.79 Å². The van der Waals surface area contributed by atoms with Gasteiger partial charge in [-0.2, -0.15) is 0 Å². The summed E-state index contributed by atoms with van der Waals surface area (Å²) in [7, 11) is 0. The molecule has 2 aromatic rings. The lowest BCUT2D eigenvalue weighted by molar-refractivity contribution is -0.142. The molecule has 1 aromatic heterocycles. The van der Waals surface area contributed by atoms with E-state index in [0.29, 0.717) is 19.4 Å². The maximum Gasteiger partial charge on any atom is 0.407 e. The first-order chi connectivity index (χ1) is 14.4. The van der Waals surface area contributed by atoms with Gasteiger partial charge in [0.15, 0.2) is 0 Å². The number of fused-ring (bicyclic) bond motifs is 1. The minimum Gasteiger partial charge on any atom is -0.449 e. The summed E-state index contributed by atoms with van der Waals surface area (Å²) in [5.74, 6) is -2.13. The average Bonchev–Trinajstić information content (AvgIpc) is 3.12. The third-order valence-corrected chi connectivity index (χ3v) is 5.98. The highest BCUT2D eigenvalue weighted by atomic mass is 32.1. The Morgan fingerprint density at radius 1 is 1.27 bits per heavy atom. The topological polar surface area (TPSA) is 114 Å². The molecule has 1 fully saturated rings. The molecule has 0 spiro atoms. The summed E-state index contributed by atoms with van der Waals surface area (Å²) in [6, 6.07) is 6.28. The average molecular weight is 432 g/mol. The van der Waals surface area contributed by atoms with Gasteiger partial charge in [0.25, 0.3) is 5.91 Å². The van der Waals surface area contributed by atoms with Crippen molar-refractivity contribution in [3.05, 3.63) is 35.2 Å². The molecular formula is C21H25N3O5S. The fraction of sp³-hybridized carbons (Fsp3) is 0.429. The molecule has 0 aliphatic carbocycles. The highest BCUT2D eigenvalue weighted by Crippen LogP contribution is 2.25. The van der Waals surface area contributed by atoms with Crippen molar-refractivity contribution in [2.24, 2.45) is 5.92 Å². The summed E-state index contributed by atoms with van der Waals surface area (Å²) in [4.78, 5) is 48.2. The number of nitrogens with one attached hydrogen (secondary N) is 3. The number of hydrogen-bond acceptors (Lipinski definition) is 6. The molecule has 1 saturated heterocycles. The Hall–Kier alpha value is -2.94. The van der Waals surface area contributed by atoms with Gasteiger partial charge in [-0.3, -0.25) is 14.4 Å². The molecule has 1 aliphatic heterocycles. The maximum atomic E-state index is 12.6. The molecule has 160 valence electrons. The fourth-order valence-corrected chi connectivity index (χ4v) is 4.29. The molecule has 30 heavy (non-hydrogen) atoms. The quantitative estimate of drug-likeness (QED) is 0.578. The van der Waals surface area contributed by atoms with Gasteiger partial charge < -0.3 is 20.7 Å². The summed E-state index contributed by atoms with van der Waals surface area (Å²) in [5.41, 5.74) is 1.11. The number of thiophene rings is 1. The highest BCUT2D eigenvalue weighted by Gasteiger charge is 2.33. The van der Waals surface area contributed by atoms with Crippen molar-refractivity contribution < 1.29 is 23.9 Å². The molecule has 1 aliphatic rings. The maximum absolute atomic E-state index is 12.6. The van der Waals surface area contributed by atoms with Crippen LogP contribution in [0.15, 0.2) is 29.6 Å². The minimum absolute atomic E-state index is 0.181. The van der Waals surface area contributed by atoms with Crippen molar-refractivity contribution in [3.63, 3.8) is 0 Å². The third-order valence-electron chi connectivity index (χ3n) is 4.96. The van der Waals surface area contributed by atoms with Crippen LogP contribution in [0.1, 0.15) is 25.8 Å². The van der Waals surface area contributed by atoms with Gasteiger partial charge in [0.1, 0.15) is 6.04 Å². The molecule has 0 radical (unpaired) electrons. The van der Waals surface area contributed by atoms with E-state index in [0.717, 1.165) is 10.9 Å². The van der Waals surface area contributed by atoms with Crippen molar-refractivity contribution in [1.82, 2.24) is 16.0 Å². The van der Waals surface area contributed by atoms with Crippen LogP contribution in [0.3, 0.4) is 0 Å². The number of benzene rings is 1. The zero-order valence-electron chi connectivity index (χ0n) is 16.9. The Kier molecular flexibility index (Phi) is 7.04. The number of hydrogen-bond donors (Lipinski definition) is 3. The van der Waals surface area contributed by atoms with Crippen LogP contribution < -0.4 is 16.0 Å². The Morgan fingerprint density at radius 2 is 2.03 bits per heavy atom. The van der Waals surface area contributed by atoms with Crippen molar-refractivity contribution in [2.45, 2.75) is 38.8 Å². The SMILES string of the molecule is CC(C)C(NC(=O)OCCc1csc2ccccc12)C(=O)NC1CCNC(=O)C1=O. The number of carbonyl (C=O) groups is 4. The number of Topliss-reactive ketones (excluding diaryl/α,β-unsaturated/α-hetero) is 1. The molecule has 2 heterocycles. The largest absolute Gasteiger partial charge is 0.449 e. The summed E-state index contributed by atoms with van der Waals surface area (Å²) in [6.07, 6.45) is 0.193. The number of amides is 3. The summed E-state index contributed by atoms with van der Waals surface area (Å²) >= 11 is 1.64. The van der Waals surface area contributed by atoms with Crippen molar-refractivity contribution in [1.29, 1.82) is 0 Å².